The fraction of sp³-hybridized carbons (Fsp3) is 0. The van der Waals surface area contributed by atoms with Crippen LogP contribution >= 0.6 is 0 Å². The van der Waals surface area contributed by atoms with Crippen molar-refractivity contribution in [2.24, 2.45) is 0 Å². The van der Waals surface area contributed by atoms with Crippen molar-refractivity contribution in [3.05, 3.63) is 96.3 Å². The SMILES string of the molecule is O=C(Nc1ccc(F)cc1NC(=O)c1cc(-c2ccccc2)no1)c1ccccn1. The molecule has 0 saturated carbocycles. The molecule has 4 aromatic rings. The molecular weight excluding hydrogens is 387 g/mol. The molecule has 2 heterocycles. The highest BCUT2D eigenvalue weighted by Gasteiger charge is 2.17. The molecular formula is C22H15FN4O3. The van der Waals surface area contributed by atoms with E-state index in [0.717, 1.165) is 11.6 Å². The van der Waals surface area contributed by atoms with Crippen LogP contribution in [0.3, 0.4) is 0 Å². The van der Waals surface area contributed by atoms with Gasteiger partial charge in [0.1, 0.15) is 17.2 Å². The van der Waals surface area contributed by atoms with E-state index in [4.69, 9.17) is 4.52 Å². The number of aromatic nitrogens is 2. The largest absolute Gasteiger partial charge is 0.350 e. The summed E-state index contributed by atoms with van der Waals surface area (Å²) < 4.78 is 18.9. The number of amides is 2. The third-order valence-corrected chi connectivity index (χ3v) is 4.18. The zero-order valence-electron chi connectivity index (χ0n) is 15.5. The molecule has 0 radical (unpaired) electrons. The van der Waals surface area contributed by atoms with Crippen molar-refractivity contribution in [3.63, 3.8) is 0 Å². The van der Waals surface area contributed by atoms with Crippen molar-refractivity contribution in [1.82, 2.24) is 10.1 Å². The van der Waals surface area contributed by atoms with Crippen LogP contribution in [0.1, 0.15) is 21.0 Å². The smallest absolute Gasteiger partial charge is 0.294 e. The van der Waals surface area contributed by atoms with Gasteiger partial charge in [-0.3, -0.25) is 14.6 Å². The second-order valence-electron chi connectivity index (χ2n) is 6.26. The van der Waals surface area contributed by atoms with Crippen LogP contribution in [0, 0.1) is 5.82 Å². The quantitative estimate of drug-likeness (QED) is 0.516. The highest BCUT2D eigenvalue weighted by atomic mass is 19.1. The molecule has 0 fully saturated rings. The standard InChI is InChI=1S/C22H15FN4O3/c23-15-9-10-16(25-21(28)17-8-4-5-11-24-17)19(12-15)26-22(29)20-13-18(27-30-20)14-6-2-1-3-7-14/h1-13H,(H,25,28)(H,26,29). The van der Waals surface area contributed by atoms with Gasteiger partial charge in [-0.05, 0) is 30.3 Å². The molecule has 4 rings (SSSR count). The number of nitrogens with one attached hydrogen (secondary N) is 2. The second-order valence-corrected chi connectivity index (χ2v) is 6.26. The molecule has 148 valence electrons. The van der Waals surface area contributed by atoms with E-state index in [1.165, 1.54) is 30.5 Å². The van der Waals surface area contributed by atoms with Gasteiger partial charge in [0.25, 0.3) is 11.8 Å². The Morgan fingerprint density at radius 1 is 0.833 bits per heavy atom. The van der Waals surface area contributed by atoms with E-state index in [1.54, 1.807) is 12.1 Å². The third-order valence-electron chi connectivity index (χ3n) is 4.18. The maximum absolute atomic E-state index is 13.8. The van der Waals surface area contributed by atoms with Crippen LogP contribution in [0.2, 0.25) is 0 Å². The fourth-order valence-electron chi connectivity index (χ4n) is 2.72. The van der Waals surface area contributed by atoms with Crippen molar-refractivity contribution in [3.8, 4) is 11.3 Å². The Bertz CT molecular complexity index is 1190. The van der Waals surface area contributed by atoms with Gasteiger partial charge < -0.3 is 15.2 Å². The Morgan fingerprint density at radius 3 is 2.37 bits per heavy atom. The second kappa shape index (κ2) is 8.36. The predicted octanol–water partition coefficient (Wildman–Crippen LogP) is 4.38. The monoisotopic (exact) mass is 402 g/mol. The summed E-state index contributed by atoms with van der Waals surface area (Å²) in [6, 6.07) is 19.2. The lowest BCUT2D eigenvalue weighted by molar-refractivity contribution is 0.0985. The Balaban J connectivity index is 1.54. The molecule has 0 atom stereocenters. The van der Waals surface area contributed by atoms with Gasteiger partial charge in [0.05, 0.1) is 11.4 Å². The Morgan fingerprint density at radius 2 is 1.60 bits per heavy atom. The minimum atomic E-state index is -0.636. The Kier molecular flexibility index (Phi) is 5.29. The maximum Gasteiger partial charge on any atom is 0.294 e. The van der Waals surface area contributed by atoms with Gasteiger partial charge in [0.15, 0.2) is 0 Å². The maximum atomic E-state index is 13.8. The van der Waals surface area contributed by atoms with E-state index >= 15 is 0 Å². The van der Waals surface area contributed by atoms with Gasteiger partial charge in [0, 0.05) is 17.8 Å². The normalized spacial score (nSPS) is 10.4. The van der Waals surface area contributed by atoms with Gasteiger partial charge in [-0.2, -0.15) is 0 Å². The lowest BCUT2D eigenvalue weighted by Crippen LogP contribution is -2.17. The molecule has 2 aromatic carbocycles. The van der Waals surface area contributed by atoms with Crippen LogP contribution in [-0.4, -0.2) is 22.0 Å². The summed E-state index contributed by atoms with van der Waals surface area (Å²) >= 11 is 0. The number of nitrogens with zero attached hydrogens (tertiary/aromatic N) is 2. The molecule has 0 aliphatic rings. The molecule has 0 spiro atoms. The van der Waals surface area contributed by atoms with E-state index in [-0.39, 0.29) is 22.8 Å². The molecule has 2 amide bonds. The number of pyridine rings is 1. The Hall–Kier alpha value is -4.33. The number of hydrogen-bond acceptors (Lipinski definition) is 5. The van der Waals surface area contributed by atoms with Crippen LogP contribution < -0.4 is 10.6 Å². The lowest BCUT2D eigenvalue weighted by Gasteiger charge is -2.11. The van der Waals surface area contributed by atoms with Crippen molar-refractivity contribution >= 4 is 23.2 Å². The van der Waals surface area contributed by atoms with Crippen molar-refractivity contribution in [2.45, 2.75) is 0 Å². The predicted molar refractivity (Wildman–Crippen MR) is 108 cm³/mol. The first-order valence-corrected chi connectivity index (χ1v) is 8.95. The molecule has 2 aromatic heterocycles. The minimum absolute atomic E-state index is 0.0554. The highest BCUT2D eigenvalue weighted by molar-refractivity contribution is 6.08. The minimum Gasteiger partial charge on any atom is -0.350 e. The molecule has 0 saturated heterocycles. The molecule has 0 aliphatic heterocycles. The topological polar surface area (TPSA) is 97.1 Å². The Labute approximate surface area is 170 Å². The number of carbonyl (C=O) groups excluding carboxylic acids is 2. The lowest BCUT2D eigenvalue weighted by atomic mass is 10.1. The fourth-order valence-corrected chi connectivity index (χ4v) is 2.72. The van der Waals surface area contributed by atoms with E-state index in [0.29, 0.717) is 5.69 Å². The summed E-state index contributed by atoms with van der Waals surface area (Å²) in [5.41, 5.74) is 1.74. The van der Waals surface area contributed by atoms with Crippen LogP contribution in [0.25, 0.3) is 11.3 Å². The average Bonchev–Trinajstić information content (AvgIpc) is 3.27. The average molecular weight is 402 g/mol. The summed E-state index contributed by atoms with van der Waals surface area (Å²) in [6.45, 7) is 0. The molecule has 7 nitrogen and oxygen atoms in total. The van der Waals surface area contributed by atoms with Gasteiger partial charge in [-0.15, -0.1) is 0 Å². The molecule has 0 aliphatic carbocycles. The summed E-state index contributed by atoms with van der Waals surface area (Å²) in [6.07, 6.45) is 1.48. The number of anilines is 2. The van der Waals surface area contributed by atoms with Crippen molar-refractivity contribution in [2.75, 3.05) is 10.6 Å². The van der Waals surface area contributed by atoms with Crippen molar-refractivity contribution < 1.29 is 18.5 Å². The molecule has 0 unspecified atom stereocenters. The van der Waals surface area contributed by atoms with Crippen LogP contribution in [-0.2, 0) is 0 Å². The van der Waals surface area contributed by atoms with Crippen LogP contribution in [0.15, 0.2) is 83.5 Å². The third kappa shape index (κ3) is 4.22. The summed E-state index contributed by atoms with van der Waals surface area (Å²) in [5, 5.41) is 9.04. The summed E-state index contributed by atoms with van der Waals surface area (Å²) in [4.78, 5) is 28.9. The summed E-state index contributed by atoms with van der Waals surface area (Å²) in [7, 11) is 0. The van der Waals surface area contributed by atoms with E-state index < -0.39 is 17.6 Å². The highest BCUT2D eigenvalue weighted by Crippen LogP contribution is 2.25. The first kappa shape index (κ1) is 19.0. The molecule has 0 bridgehead atoms. The van der Waals surface area contributed by atoms with Gasteiger partial charge in [0.2, 0.25) is 5.76 Å². The van der Waals surface area contributed by atoms with Gasteiger partial charge >= 0.3 is 0 Å². The zero-order valence-corrected chi connectivity index (χ0v) is 15.5. The van der Waals surface area contributed by atoms with Gasteiger partial charge in [-0.1, -0.05) is 41.6 Å². The summed E-state index contributed by atoms with van der Waals surface area (Å²) in [5.74, 6) is -1.77. The molecule has 2 N–H and O–H groups in total. The number of hydrogen-bond donors (Lipinski definition) is 2. The van der Waals surface area contributed by atoms with Crippen molar-refractivity contribution in [1.29, 1.82) is 0 Å². The van der Waals surface area contributed by atoms with E-state index in [1.807, 2.05) is 30.3 Å². The van der Waals surface area contributed by atoms with Crippen LogP contribution in [0.4, 0.5) is 15.8 Å². The number of halogens is 1. The number of rotatable bonds is 5. The van der Waals surface area contributed by atoms with Gasteiger partial charge in [-0.25, -0.2) is 4.39 Å². The molecule has 30 heavy (non-hydrogen) atoms. The number of carbonyl (C=O) groups is 2. The molecule has 8 heteroatoms. The zero-order chi connectivity index (χ0) is 20.9. The first-order chi connectivity index (χ1) is 14.6. The van der Waals surface area contributed by atoms with E-state index in [9.17, 15) is 14.0 Å². The van der Waals surface area contributed by atoms with Crippen LogP contribution in [0.5, 0.6) is 0 Å². The number of benzene rings is 2. The first-order valence-electron chi connectivity index (χ1n) is 8.95. The van der Waals surface area contributed by atoms with E-state index in [2.05, 4.69) is 20.8 Å².